The molecule has 0 spiro atoms. The molecule has 2 saturated carbocycles. The molecular formula is C14H18N4. The maximum atomic E-state index is 6.07. The van der Waals surface area contributed by atoms with Crippen LogP contribution in [0.4, 0.5) is 5.95 Å². The normalized spacial score (nSPS) is 21.4. The van der Waals surface area contributed by atoms with E-state index >= 15 is 0 Å². The summed E-state index contributed by atoms with van der Waals surface area (Å²) in [6, 6.07) is 4.01. The number of hydrogen-bond donors (Lipinski definition) is 1. The second kappa shape index (κ2) is 3.25. The van der Waals surface area contributed by atoms with E-state index < -0.39 is 0 Å². The Bertz CT molecular complexity index is 620. The molecule has 18 heavy (non-hydrogen) atoms. The van der Waals surface area contributed by atoms with Crippen LogP contribution in [0.1, 0.15) is 31.4 Å². The molecule has 0 bridgehead atoms. The number of aromatic nitrogens is 3. The molecular weight excluding hydrogens is 224 g/mol. The van der Waals surface area contributed by atoms with Crippen molar-refractivity contribution in [1.29, 1.82) is 0 Å². The zero-order chi connectivity index (χ0) is 12.3. The van der Waals surface area contributed by atoms with Crippen molar-refractivity contribution < 1.29 is 0 Å². The Balaban J connectivity index is 1.79. The monoisotopic (exact) mass is 242 g/mol. The third kappa shape index (κ3) is 1.44. The Morgan fingerprint density at radius 1 is 1.33 bits per heavy atom. The Hall–Kier alpha value is -1.58. The van der Waals surface area contributed by atoms with E-state index in [4.69, 9.17) is 5.73 Å². The van der Waals surface area contributed by atoms with Crippen LogP contribution in [0.3, 0.4) is 0 Å². The summed E-state index contributed by atoms with van der Waals surface area (Å²) in [7, 11) is 0. The van der Waals surface area contributed by atoms with Gasteiger partial charge in [-0.3, -0.25) is 4.57 Å². The molecule has 4 rings (SSSR count). The Morgan fingerprint density at radius 2 is 2.11 bits per heavy atom. The van der Waals surface area contributed by atoms with Crippen LogP contribution >= 0.6 is 0 Å². The number of hydrogen-bond acceptors (Lipinski definition) is 3. The summed E-state index contributed by atoms with van der Waals surface area (Å²) in [4.78, 5) is 9.03. The number of rotatable bonds is 3. The number of nitrogens with two attached hydrogens (primary N) is 1. The first-order valence-corrected chi connectivity index (χ1v) is 6.77. The van der Waals surface area contributed by atoms with E-state index in [-0.39, 0.29) is 0 Å². The van der Waals surface area contributed by atoms with Gasteiger partial charge in [-0.05, 0) is 56.1 Å². The molecule has 2 N–H and O–H groups in total. The summed E-state index contributed by atoms with van der Waals surface area (Å²) in [5.41, 5.74) is 9.50. The fraction of sp³-hybridized carbons (Fsp3) is 0.571. The minimum Gasteiger partial charge on any atom is -0.369 e. The quantitative estimate of drug-likeness (QED) is 0.899. The SMILES string of the molecule is Cc1ccc2nc(N)n(CC3(C4CC4)CC3)c2n1. The average molecular weight is 242 g/mol. The van der Waals surface area contributed by atoms with E-state index in [2.05, 4.69) is 14.5 Å². The maximum Gasteiger partial charge on any atom is 0.202 e. The molecule has 4 heteroatoms. The molecule has 2 aromatic heterocycles. The fourth-order valence-corrected chi connectivity index (χ4v) is 3.14. The molecule has 94 valence electrons. The van der Waals surface area contributed by atoms with Crippen LogP contribution in [0.15, 0.2) is 12.1 Å². The lowest BCUT2D eigenvalue weighted by Gasteiger charge is -2.16. The smallest absolute Gasteiger partial charge is 0.202 e. The molecule has 2 aliphatic carbocycles. The average Bonchev–Trinajstić information content (AvgIpc) is 3.22. The number of anilines is 1. The summed E-state index contributed by atoms with van der Waals surface area (Å²) in [5, 5.41) is 0. The van der Waals surface area contributed by atoms with Crippen molar-refractivity contribution in [1.82, 2.24) is 14.5 Å². The highest BCUT2D eigenvalue weighted by molar-refractivity contribution is 5.74. The standard InChI is InChI=1S/C14H18N4/c1-9-2-5-11-12(16-9)18(13(15)17-11)8-14(6-7-14)10-3-4-10/h2,5,10H,3-4,6-8H2,1H3,(H2,15,17). The van der Waals surface area contributed by atoms with Gasteiger partial charge in [0.15, 0.2) is 5.65 Å². The topological polar surface area (TPSA) is 56.7 Å². The fourth-order valence-electron chi connectivity index (χ4n) is 3.14. The highest BCUT2D eigenvalue weighted by atomic mass is 15.2. The van der Waals surface area contributed by atoms with E-state index in [9.17, 15) is 0 Å². The molecule has 0 saturated heterocycles. The maximum absolute atomic E-state index is 6.07. The van der Waals surface area contributed by atoms with Gasteiger partial charge in [-0.2, -0.15) is 0 Å². The Labute approximate surface area is 106 Å². The second-order valence-corrected chi connectivity index (χ2v) is 5.99. The van der Waals surface area contributed by atoms with E-state index in [1.807, 2.05) is 19.1 Å². The molecule has 2 aromatic rings. The molecule has 0 amide bonds. The third-order valence-electron chi connectivity index (χ3n) is 4.57. The summed E-state index contributed by atoms with van der Waals surface area (Å²) >= 11 is 0. The van der Waals surface area contributed by atoms with Gasteiger partial charge in [0.2, 0.25) is 5.95 Å². The lowest BCUT2D eigenvalue weighted by Crippen LogP contribution is -2.16. The molecule has 2 heterocycles. The zero-order valence-corrected chi connectivity index (χ0v) is 10.7. The predicted molar refractivity (Wildman–Crippen MR) is 71.1 cm³/mol. The number of aryl methyl sites for hydroxylation is 1. The molecule has 0 aromatic carbocycles. The van der Waals surface area contributed by atoms with Gasteiger partial charge >= 0.3 is 0 Å². The molecule has 0 radical (unpaired) electrons. The van der Waals surface area contributed by atoms with E-state index in [0.29, 0.717) is 11.4 Å². The van der Waals surface area contributed by atoms with E-state index in [0.717, 1.165) is 29.3 Å². The van der Waals surface area contributed by atoms with E-state index in [1.54, 1.807) is 0 Å². The van der Waals surface area contributed by atoms with E-state index in [1.165, 1.54) is 25.7 Å². The number of fused-ring (bicyclic) bond motifs is 1. The first kappa shape index (κ1) is 10.4. The molecule has 2 fully saturated rings. The highest BCUT2D eigenvalue weighted by Gasteiger charge is 2.54. The van der Waals surface area contributed by atoms with Gasteiger partial charge in [0, 0.05) is 12.2 Å². The number of nitrogen functional groups attached to an aromatic ring is 1. The van der Waals surface area contributed by atoms with Crippen molar-refractivity contribution in [3.63, 3.8) is 0 Å². The van der Waals surface area contributed by atoms with Gasteiger partial charge in [-0.15, -0.1) is 0 Å². The summed E-state index contributed by atoms with van der Waals surface area (Å²) < 4.78 is 2.13. The van der Waals surface area contributed by atoms with Crippen molar-refractivity contribution in [3.05, 3.63) is 17.8 Å². The lowest BCUT2D eigenvalue weighted by molar-refractivity contribution is 0.376. The minimum absolute atomic E-state index is 0.521. The van der Waals surface area contributed by atoms with Crippen LogP contribution in [0.2, 0.25) is 0 Å². The van der Waals surface area contributed by atoms with Crippen molar-refractivity contribution >= 4 is 17.1 Å². The Kier molecular flexibility index (Phi) is 1.87. The van der Waals surface area contributed by atoms with Gasteiger partial charge in [0.05, 0.1) is 0 Å². The largest absolute Gasteiger partial charge is 0.369 e. The number of imidazole rings is 1. The van der Waals surface area contributed by atoms with Crippen molar-refractivity contribution in [3.8, 4) is 0 Å². The summed E-state index contributed by atoms with van der Waals surface area (Å²) in [6.45, 7) is 3.03. The molecule has 2 aliphatic rings. The number of pyridine rings is 1. The van der Waals surface area contributed by atoms with Gasteiger partial charge in [0.25, 0.3) is 0 Å². The van der Waals surface area contributed by atoms with Crippen LogP contribution in [-0.4, -0.2) is 14.5 Å². The van der Waals surface area contributed by atoms with Crippen LogP contribution in [0, 0.1) is 18.3 Å². The van der Waals surface area contributed by atoms with Crippen molar-refractivity contribution in [2.75, 3.05) is 5.73 Å². The minimum atomic E-state index is 0.521. The zero-order valence-electron chi connectivity index (χ0n) is 10.7. The molecule has 4 nitrogen and oxygen atoms in total. The third-order valence-corrected chi connectivity index (χ3v) is 4.57. The van der Waals surface area contributed by atoms with Crippen molar-refractivity contribution in [2.45, 2.75) is 39.2 Å². The molecule has 0 aliphatic heterocycles. The first-order valence-electron chi connectivity index (χ1n) is 6.77. The molecule has 0 atom stereocenters. The lowest BCUT2D eigenvalue weighted by atomic mass is 10.0. The molecule has 0 unspecified atom stereocenters. The van der Waals surface area contributed by atoms with Gasteiger partial charge < -0.3 is 5.73 Å². The second-order valence-electron chi connectivity index (χ2n) is 5.99. The number of nitrogens with zero attached hydrogens (tertiary/aromatic N) is 3. The first-order chi connectivity index (χ1) is 8.68. The van der Waals surface area contributed by atoms with Crippen LogP contribution in [0.25, 0.3) is 11.2 Å². The summed E-state index contributed by atoms with van der Waals surface area (Å²) in [5.74, 6) is 1.55. The van der Waals surface area contributed by atoms with Crippen LogP contribution < -0.4 is 5.73 Å². The van der Waals surface area contributed by atoms with Crippen LogP contribution in [-0.2, 0) is 6.54 Å². The predicted octanol–water partition coefficient (Wildman–Crippen LogP) is 2.51. The summed E-state index contributed by atoms with van der Waals surface area (Å²) in [6.07, 6.45) is 5.50. The van der Waals surface area contributed by atoms with Gasteiger partial charge in [0.1, 0.15) is 5.52 Å². The van der Waals surface area contributed by atoms with Gasteiger partial charge in [-0.1, -0.05) is 0 Å². The van der Waals surface area contributed by atoms with Crippen LogP contribution in [0.5, 0.6) is 0 Å². The highest BCUT2D eigenvalue weighted by Crippen LogP contribution is 2.62. The van der Waals surface area contributed by atoms with Crippen molar-refractivity contribution in [2.24, 2.45) is 11.3 Å². The van der Waals surface area contributed by atoms with Gasteiger partial charge in [-0.25, -0.2) is 9.97 Å². The Morgan fingerprint density at radius 3 is 2.78 bits per heavy atom.